The van der Waals surface area contributed by atoms with Crippen molar-refractivity contribution < 1.29 is 23.8 Å². The molecule has 10 heteroatoms. The zero-order valence-electron chi connectivity index (χ0n) is 21.9. The normalized spacial score (nSPS) is 17.0. The molecule has 1 N–H and O–H groups in total. The van der Waals surface area contributed by atoms with Crippen LogP contribution in [0.2, 0.25) is 0 Å². The van der Waals surface area contributed by atoms with E-state index in [1.54, 1.807) is 69.5 Å². The van der Waals surface area contributed by atoms with E-state index < -0.39 is 17.5 Å². The van der Waals surface area contributed by atoms with Gasteiger partial charge in [-0.2, -0.15) is 10.2 Å². The van der Waals surface area contributed by atoms with Crippen LogP contribution in [0.5, 0.6) is 17.2 Å². The Balaban J connectivity index is 1.52. The number of aromatic nitrogens is 2. The van der Waals surface area contributed by atoms with Crippen molar-refractivity contribution in [1.82, 2.24) is 20.1 Å². The Kier molecular flexibility index (Phi) is 6.76. The van der Waals surface area contributed by atoms with Gasteiger partial charge in [-0.1, -0.05) is 30.3 Å². The summed E-state index contributed by atoms with van der Waals surface area (Å²) in [5.41, 5.74) is 2.08. The smallest absolute Gasteiger partial charge is 0.346 e. The van der Waals surface area contributed by atoms with Gasteiger partial charge in [0.2, 0.25) is 0 Å². The molecule has 1 aliphatic rings. The SMILES string of the molecule is COc1ccc([C@@]2(C)NC(=O)N(/N=C\c3cn(-c4ccccc4)nc3-c3ccc(OC)c(OC)c3)C2=O)cc1. The summed E-state index contributed by atoms with van der Waals surface area (Å²) in [5, 5.41) is 12.7. The van der Waals surface area contributed by atoms with Crippen LogP contribution in [-0.4, -0.2) is 54.3 Å². The Morgan fingerprint density at radius 3 is 2.28 bits per heavy atom. The molecule has 1 saturated heterocycles. The lowest BCUT2D eigenvalue weighted by atomic mass is 9.92. The van der Waals surface area contributed by atoms with Crippen LogP contribution in [0.1, 0.15) is 18.1 Å². The number of carbonyl (C=O) groups is 2. The average molecular weight is 526 g/mol. The fraction of sp³-hybridized carbons (Fsp3) is 0.172. The van der Waals surface area contributed by atoms with E-state index in [9.17, 15) is 9.59 Å². The molecule has 0 unspecified atom stereocenters. The van der Waals surface area contributed by atoms with E-state index in [1.807, 2.05) is 42.5 Å². The van der Waals surface area contributed by atoms with Gasteiger partial charge in [-0.3, -0.25) is 4.79 Å². The molecule has 3 amide bonds. The van der Waals surface area contributed by atoms with Crippen LogP contribution in [0, 0.1) is 0 Å². The van der Waals surface area contributed by atoms with E-state index in [1.165, 1.54) is 6.21 Å². The van der Waals surface area contributed by atoms with Gasteiger partial charge in [0.05, 0.1) is 33.2 Å². The minimum atomic E-state index is -1.28. The second-order valence-corrected chi connectivity index (χ2v) is 8.93. The Bertz CT molecular complexity index is 1550. The summed E-state index contributed by atoms with van der Waals surface area (Å²) in [6.07, 6.45) is 3.24. The van der Waals surface area contributed by atoms with E-state index in [0.717, 1.165) is 16.3 Å². The number of imide groups is 1. The molecule has 39 heavy (non-hydrogen) atoms. The maximum atomic E-state index is 13.4. The quantitative estimate of drug-likeness (QED) is 0.271. The Labute approximate surface area is 225 Å². The van der Waals surface area contributed by atoms with Crippen LogP contribution in [0.25, 0.3) is 16.9 Å². The number of urea groups is 1. The highest BCUT2D eigenvalue weighted by atomic mass is 16.5. The van der Waals surface area contributed by atoms with Crippen LogP contribution < -0.4 is 19.5 Å². The number of ether oxygens (including phenoxy) is 3. The van der Waals surface area contributed by atoms with Crippen molar-refractivity contribution in [1.29, 1.82) is 0 Å². The molecule has 1 aliphatic heterocycles. The van der Waals surface area contributed by atoms with Crippen LogP contribution in [0.4, 0.5) is 4.79 Å². The zero-order chi connectivity index (χ0) is 27.6. The molecule has 0 saturated carbocycles. The molecule has 5 rings (SSSR count). The maximum Gasteiger partial charge on any atom is 0.346 e. The number of amides is 3. The molecule has 4 aromatic rings. The number of hydrogen-bond acceptors (Lipinski definition) is 7. The first-order valence-corrected chi connectivity index (χ1v) is 12.1. The summed E-state index contributed by atoms with van der Waals surface area (Å²) in [4.78, 5) is 26.3. The third kappa shape index (κ3) is 4.68. The Morgan fingerprint density at radius 1 is 0.897 bits per heavy atom. The highest BCUT2D eigenvalue weighted by Gasteiger charge is 2.49. The number of hydrazone groups is 1. The molecule has 1 aromatic heterocycles. The van der Waals surface area contributed by atoms with Crippen molar-refractivity contribution in [3.63, 3.8) is 0 Å². The van der Waals surface area contributed by atoms with Crippen LogP contribution in [0.3, 0.4) is 0 Å². The van der Waals surface area contributed by atoms with Crippen molar-refractivity contribution in [2.24, 2.45) is 5.10 Å². The van der Waals surface area contributed by atoms with E-state index in [4.69, 9.17) is 19.3 Å². The van der Waals surface area contributed by atoms with Gasteiger partial charge in [-0.15, -0.1) is 5.01 Å². The molecule has 198 valence electrons. The molecule has 2 heterocycles. The fourth-order valence-electron chi connectivity index (χ4n) is 4.37. The summed E-state index contributed by atoms with van der Waals surface area (Å²) in [5.74, 6) is 1.26. The second-order valence-electron chi connectivity index (χ2n) is 8.93. The Hall–Kier alpha value is -5.12. The first-order chi connectivity index (χ1) is 18.9. The van der Waals surface area contributed by atoms with Gasteiger partial charge in [0.15, 0.2) is 11.5 Å². The zero-order valence-corrected chi connectivity index (χ0v) is 21.9. The summed E-state index contributed by atoms with van der Waals surface area (Å²) in [6.45, 7) is 1.65. The predicted molar refractivity (Wildman–Crippen MR) is 145 cm³/mol. The van der Waals surface area contributed by atoms with E-state index in [0.29, 0.717) is 34.1 Å². The number of nitrogens with one attached hydrogen (secondary N) is 1. The predicted octanol–water partition coefficient (Wildman–Crippen LogP) is 4.37. The third-order valence-corrected chi connectivity index (χ3v) is 6.57. The molecular formula is C29H27N5O5. The molecule has 1 fully saturated rings. The van der Waals surface area contributed by atoms with Crippen molar-refractivity contribution in [3.05, 3.63) is 90.1 Å². The van der Waals surface area contributed by atoms with Gasteiger partial charge in [-0.05, 0) is 55.0 Å². The highest BCUT2D eigenvalue weighted by Crippen LogP contribution is 2.34. The number of nitrogens with zero attached hydrogens (tertiary/aromatic N) is 4. The monoisotopic (exact) mass is 525 g/mol. The number of para-hydroxylation sites is 1. The van der Waals surface area contributed by atoms with Crippen LogP contribution in [-0.2, 0) is 10.3 Å². The lowest BCUT2D eigenvalue weighted by Crippen LogP contribution is -2.40. The number of carbonyl (C=O) groups excluding carboxylic acids is 2. The number of rotatable bonds is 8. The molecular weight excluding hydrogens is 498 g/mol. The average Bonchev–Trinajstić information content (AvgIpc) is 3.50. The van der Waals surface area contributed by atoms with Crippen molar-refractivity contribution in [3.8, 4) is 34.2 Å². The van der Waals surface area contributed by atoms with Crippen molar-refractivity contribution in [2.75, 3.05) is 21.3 Å². The van der Waals surface area contributed by atoms with Gasteiger partial charge in [-0.25, -0.2) is 9.48 Å². The third-order valence-electron chi connectivity index (χ3n) is 6.57. The van der Waals surface area contributed by atoms with E-state index in [-0.39, 0.29) is 0 Å². The fourth-order valence-corrected chi connectivity index (χ4v) is 4.37. The lowest BCUT2D eigenvalue weighted by Gasteiger charge is -2.21. The van der Waals surface area contributed by atoms with Gasteiger partial charge < -0.3 is 19.5 Å². The molecule has 10 nitrogen and oxygen atoms in total. The van der Waals surface area contributed by atoms with Gasteiger partial charge in [0, 0.05) is 17.3 Å². The van der Waals surface area contributed by atoms with Gasteiger partial charge in [0.25, 0.3) is 5.91 Å². The van der Waals surface area contributed by atoms with Crippen molar-refractivity contribution >= 4 is 18.2 Å². The topological polar surface area (TPSA) is 107 Å². The molecule has 0 radical (unpaired) electrons. The highest BCUT2D eigenvalue weighted by molar-refractivity contribution is 6.07. The molecule has 1 atom stereocenters. The summed E-state index contributed by atoms with van der Waals surface area (Å²) in [7, 11) is 4.69. The standard InChI is InChI=1S/C29H27N5O5/c1-29(21-11-13-23(37-2)14-12-21)27(35)34(28(36)31-29)30-17-20-18-33(22-8-6-5-7-9-22)32-26(20)19-10-15-24(38-3)25(16-19)39-4/h5-18H,1-4H3,(H,31,36)/b30-17-/t29-/m1/s1. The molecule has 0 bridgehead atoms. The molecule has 0 aliphatic carbocycles. The largest absolute Gasteiger partial charge is 0.497 e. The second kappa shape index (κ2) is 10.3. The first kappa shape index (κ1) is 25.5. The Morgan fingerprint density at radius 2 is 1.62 bits per heavy atom. The summed E-state index contributed by atoms with van der Waals surface area (Å²) in [6, 6.07) is 21.4. The number of hydrogen-bond donors (Lipinski definition) is 1. The first-order valence-electron chi connectivity index (χ1n) is 12.1. The van der Waals surface area contributed by atoms with Gasteiger partial charge >= 0.3 is 6.03 Å². The number of benzene rings is 3. The lowest BCUT2D eigenvalue weighted by molar-refractivity contribution is -0.131. The van der Waals surface area contributed by atoms with Crippen LogP contribution in [0.15, 0.2) is 84.1 Å². The number of methoxy groups -OCH3 is 3. The summed E-state index contributed by atoms with van der Waals surface area (Å²) >= 11 is 0. The summed E-state index contributed by atoms with van der Waals surface area (Å²) < 4.78 is 17.7. The van der Waals surface area contributed by atoms with Crippen molar-refractivity contribution in [2.45, 2.75) is 12.5 Å². The van der Waals surface area contributed by atoms with E-state index >= 15 is 0 Å². The van der Waals surface area contributed by atoms with Crippen LogP contribution >= 0.6 is 0 Å². The maximum absolute atomic E-state index is 13.4. The minimum absolute atomic E-state index is 0.503. The van der Waals surface area contributed by atoms with Gasteiger partial charge in [0.1, 0.15) is 17.0 Å². The molecule has 0 spiro atoms. The molecule has 3 aromatic carbocycles. The minimum Gasteiger partial charge on any atom is -0.497 e. The van der Waals surface area contributed by atoms with E-state index in [2.05, 4.69) is 10.4 Å².